The summed E-state index contributed by atoms with van der Waals surface area (Å²) in [7, 11) is 0. The minimum absolute atomic E-state index is 0.0348. The van der Waals surface area contributed by atoms with E-state index in [0.29, 0.717) is 6.42 Å². The first-order valence-electron chi connectivity index (χ1n) is 5.54. The third-order valence-corrected chi connectivity index (χ3v) is 2.42. The van der Waals surface area contributed by atoms with Crippen molar-refractivity contribution >= 4 is 12.2 Å². The molecule has 88 valence electrons. The fourth-order valence-corrected chi connectivity index (χ4v) is 1.28. The predicted octanol–water partition coefficient (Wildman–Crippen LogP) is 2.15. The van der Waals surface area contributed by atoms with Crippen LogP contribution in [0.2, 0.25) is 0 Å². The van der Waals surface area contributed by atoms with E-state index in [1.54, 1.807) is 0 Å². The van der Waals surface area contributed by atoms with Gasteiger partial charge >= 0.3 is 0 Å². The number of hydrogen-bond donors (Lipinski definition) is 1. The summed E-state index contributed by atoms with van der Waals surface area (Å²) in [6.07, 6.45) is 2.17. The highest BCUT2D eigenvalue weighted by atomic mass is 16.2. The van der Waals surface area contributed by atoms with Crippen LogP contribution in [0, 0.1) is 11.3 Å². The lowest BCUT2D eigenvalue weighted by Crippen LogP contribution is -2.41. The number of nitrogens with one attached hydrogen (secondary N) is 1. The maximum Gasteiger partial charge on any atom is 0.221 e. The molecule has 1 amide bonds. The Morgan fingerprint density at radius 1 is 1.40 bits per heavy atom. The number of hydrogen-bond acceptors (Lipinski definition) is 2. The highest BCUT2D eigenvalue weighted by molar-refractivity contribution is 5.80. The minimum Gasteiger partial charge on any atom is -0.346 e. The van der Waals surface area contributed by atoms with Crippen LogP contribution in [0.25, 0.3) is 0 Å². The zero-order chi connectivity index (χ0) is 12.1. The zero-order valence-corrected chi connectivity index (χ0v) is 10.5. The molecule has 0 saturated carbocycles. The Morgan fingerprint density at radius 3 is 2.27 bits per heavy atom. The molecule has 0 aliphatic carbocycles. The monoisotopic (exact) mass is 213 g/mol. The number of aldehydes is 1. The lowest BCUT2D eigenvalue weighted by molar-refractivity contribution is -0.126. The zero-order valence-electron chi connectivity index (χ0n) is 10.5. The molecule has 0 aromatic rings. The van der Waals surface area contributed by atoms with E-state index in [2.05, 4.69) is 5.32 Å². The lowest BCUT2D eigenvalue weighted by atomic mass is 9.91. The fourth-order valence-electron chi connectivity index (χ4n) is 1.28. The van der Waals surface area contributed by atoms with Crippen molar-refractivity contribution in [1.82, 2.24) is 5.32 Å². The van der Waals surface area contributed by atoms with Crippen LogP contribution in [0.4, 0.5) is 0 Å². The molecule has 0 bridgehead atoms. The van der Waals surface area contributed by atoms with Crippen molar-refractivity contribution in [1.29, 1.82) is 0 Å². The molecule has 0 spiro atoms. The van der Waals surface area contributed by atoms with Crippen LogP contribution in [0.15, 0.2) is 0 Å². The van der Waals surface area contributed by atoms with Crippen molar-refractivity contribution in [2.24, 2.45) is 11.3 Å². The first-order chi connectivity index (χ1) is 6.80. The SMILES string of the molecule is CC[C@H](C)[C@@H](C=O)NC(=O)CC(C)(C)C. The quantitative estimate of drug-likeness (QED) is 0.711. The van der Waals surface area contributed by atoms with E-state index >= 15 is 0 Å². The van der Waals surface area contributed by atoms with Crippen molar-refractivity contribution < 1.29 is 9.59 Å². The average Bonchev–Trinajstić information content (AvgIpc) is 2.10. The molecule has 0 aliphatic rings. The lowest BCUT2D eigenvalue weighted by Gasteiger charge is -2.22. The van der Waals surface area contributed by atoms with Crippen LogP contribution in [0.3, 0.4) is 0 Å². The van der Waals surface area contributed by atoms with Crippen molar-refractivity contribution in [3.05, 3.63) is 0 Å². The van der Waals surface area contributed by atoms with Gasteiger partial charge in [-0.3, -0.25) is 4.79 Å². The molecule has 15 heavy (non-hydrogen) atoms. The van der Waals surface area contributed by atoms with Gasteiger partial charge in [0, 0.05) is 6.42 Å². The molecule has 3 heteroatoms. The third-order valence-electron chi connectivity index (χ3n) is 2.42. The van der Waals surface area contributed by atoms with E-state index in [-0.39, 0.29) is 23.3 Å². The summed E-state index contributed by atoms with van der Waals surface area (Å²) in [4.78, 5) is 22.4. The maximum atomic E-state index is 11.6. The molecule has 0 saturated heterocycles. The topological polar surface area (TPSA) is 46.2 Å². The van der Waals surface area contributed by atoms with Crippen LogP contribution in [0.1, 0.15) is 47.5 Å². The van der Waals surface area contributed by atoms with Crippen LogP contribution >= 0.6 is 0 Å². The van der Waals surface area contributed by atoms with E-state index in [0.717, 1.165) is 12.7 Å². The average molecular weight is 213 g/mol. The second-order valence-corrected chi connectivity index (χ2v) is 5.35. The second kappa shape index (κ2) is 5.89. The van der Waals surface area contributed by atoms with Gasteiger partial charge in [-0.25, -0.2) is 0 Å². The molecule has 0 aliphatic heterocycles. The number of amides is 1. The van der Waals surface area contributed by atoms with E-state index in [9.17, 15) is 9.59 Å². The second-order valence-electron chi connectivity index (χ2n) is 5.35. The highest BCUT2D eigenvalue weighted by Gasteiger charge is 2.21. The Labute approximate surface area is 92.6 Å². The highest BCUT2D eigenvalue weighted by Crippen LogP contribution is 2.18. The van der Waals surface area contributed by atoms with Crippen LogP contribution in [-0.4, -0.2) is 18.2 Å². The smallest absolute Gasteiger partial charge is 0.221 e. The summed E-state index contributed by atoms with van der Waals surface area (Å²) >= 11 is 0. The molecule has 0 aromatic carbocycles. The number of rotatable bonds is 5. The molecule has 0 unspecified atom stereocenters. The standard InChI is InChI=1S/C12H23NO2/c1-6-9(2)10(8-14)13-11(15)7-12(3,4)5/h8-10H,6-7H2,1-5H3,(H,13,15)/t9-,10+/m0/s1. The third kappa shape index (κ3) is 6.26. The normalized spacial score (nSPS) is 15.5. The largest absolute Gasteiger partial charge is 0.346 e. The molecular weight excluding hydrogens is 190 g/mol. The number of carbonyl (C=O) groups is 2. The summed E-state index contributed by atoms with van der Waals surface area (Å²) in [5, 5.41) is 2.77. The molecule has 2 atom stereocenters. The van der Waals surface area contributed by atoms with E-state index < -0.39 is 0 Å². The molecule has 0 aromatic heterocycles. The summed E-state index contributed by atoms with van der Waals surface area (Å²) in [5.41, 5.74) is -0.0348. The Balaban J connectivity index is 4.19. The fraction of sp³-hybridized carbons (Fsp3) is 0.833. The van der Waals surface area contributed by atoms with Crippen molar-refractivity contribution in [2.75, 3.05) is 0 Å². The Hall–Kier alpha value is -0.860. The van der Waals surface area contributed by atoms with Crippen LogP contribution in [0.5, 0.6) is 0 Å². The van der Waals surface area contributed by atoms with Gasteiger partial charge in [0.05, 0.1) is 6.04 Å². The summed E-state index contributed by atoms with van der Waals surface area (Å²) in [6, 6.07) is -0.343. The summed E-state index contributed by atoms with van der Waals surface area (Å²) in [6.45, 7) is 10.00. The Bertz CT molecular complexity index is 218. The van der Waals surface area contributed by atoms with Gasteiger partial charge in [0.25, 0.3) is 0 Å². The Kier molecular flexibility index (Phi) is 5.55. The molecule has 0 radical (unpaired) electrons. The van der Waals surface area contributed by atoms with Crippen LogP contribution in [-0.2, 0) is 9.59 Å². The predicted molar refractivity (Wildman–Crippen MR) is 61.5 cm³/mol. The van der Waals surface area contributed by atoms with Crippen molar-refractivity contribution in [3.8, 4) is 0 Å². The molecule has 1 N–H and O–H groups in total. The van der Waals surface area contributed by atoms with Gasteiger partial charge in [0.1, 0.15) is 6.29 Å². The van der Waals surface area contributed by atoms with Gasteiger partial charge in [0.15, 0.2) is 0 Å². The molecule has 0 fully saturated rings. The first kappa shape index (κ1) is 14.1. The summed E-state index contributed by atoms with van der Waals surface area (Å²) in [5.74, 6) is 0.159. The van der Waals surface area contributed by atoms with E-state index in [4.69, 9.17) is 0 Å². The van der Waals surface area contributed by atoms with Gasteiger partial charge in [-0.1, -0.05) is 41.0 Å². The van der Waals surface area contributed by atoms with Gasteiger partial charge in [0.2, 0.25) is 5.91 Å². The number of carbonyl (C=O) groups excluding carboxylic acids is 2. The van der Waals surface area contributed by atoms with Gasteiger partial charge in [-0.15, -0.1) is 0 Å². The maximum absolute atomic E-state index is 11.6. The molecule has 3 nitrogen and oxygen atoms in total. The van der Waals surface area contributed by atoms with Gasteiger partial charge in [-0.2, -0.15) is 0 Å². The summed E-state index contributed by atoms with van der Waals surface area (Å²) < 4.78 is 0. The van der Waals surface area contributed by atoms with E-state index in [1.165, 1.54) is 0 Å². The van der Waals surface area contributed by atoms with Crippen LogP contribution < -0.4 is 5.32 Å². The molecule has 0 heterocycles. The van der Waals surface area contributed by atoms with Gasteiger partial charge in [-0.05, 0) is 11.3 Å². The van der Waals surface area contributed by atoms with E-state index in [1.807, 2.05) is 34.6 Å². The van der Waals surface area contributed by atoms with Crippen molar-refractivity contribution in [3.63, 3.8) is 0 Å². The van der Waals surface area contributed by atoms with Crippen molar-refractivity contribution in [2.45, 2.75) is 53.5 Å². The molecule has 0 rings (SSSR count). The first-order valence-corrected chi connectivity index (χ1v) is 5.54. The Morgan fingerprint density at radius 2 is 1.93 bits per heavy atom. The minimum atomic E-state index is -0.343. The van der Waals surface area contributed by atoms with Gasteiger partial charge < -0.3 is 10.1 Å². The molecular formula is C12H23NO2.